The molecular weight excluding hydrogens is 270 g/mol. The predicted molar refractivity (Wildman–Crippen MR) is 75.7 cm³/mol. The maximum absolute atomic E-state index is 12.4. The first kappa shape index (κ1) is 13.8. The Balaban J connectivity index is 1.84. The lowest BCUT2D eigenvalue weighted by Crippen LogP contribution is -2.30. The van der Waals surface area contributed by atoms with Crippen LogP contribution in [0.3, 0.4) is 0 Å². The van der Waals surface area contributed by atoms with Gasteiger partial charge in [0.05, 0.1) is 17.5 Å². The van der Waals surface area contributed by atoms with Crippen LogP contribution >= 0.6 is 0 Å². The first-order valence-corrected chi connectivity index (χ1v) is 7.24. The van der Waals surface area contributed by atoms with E-state index in [0.717, 1.165) is 25.7 Å². The molecule has 2 atom stereocenters. The van der Waals surface area contributed by atoms with Crippen LogP contribution < -0.4 is 9.64 Å². The molecule has 1 saturated carbocycles. The molecule has 0 radical (unpaired) electrons. The number of carbonyl (C=O) groups is 3. The third kappa shape index (κ3) is 2.44. The topological polar surface area (TPSA) is 63.7 Å². The van der Waals surface area contributed by atoms with E-state index in [1.807, 2.05) is 0 Å². The highest BCUT2D eigenvalue weighted by Gasteiger charge is 2.48. The smallest absolute Gasteiger partial charge is 0.308 e. The minimum atomic E-state index is -0.401. The summed E-state index contributed by atoms with van der Waals surface area (Å²) in [5.41, 5.74) is 0.551. The van der Waals surface area contributed by atoms with Gasteiger partial charge in [-0.05, 0) is 37.1 Å². The number of carbonyl (C=O) groups excluding carboxylic acids is 3. The maximum Gasteiger partial charge on any atom is 0.308 e. The molecule has 0 N–H and O–H groups in total. The van der Waals surface area contributed by atoms with E-state index in [1.165, 1.54) is 11.8 Å². The van der Waals surface area contributed by atoms with Crippen LogP contribution in [0, 0.1) is 11.8 Å². The van der Waals surface area contributed by atoms with Crippen molar-refractivity contribution in [3.8, 4) is 5.75 Å². The number of rotatable bonds is 2. The normalized spacial score (nSPS) is 24.9. The number of anilines is 1. The van der Waals surface area contributed by atoms with Gasteiger partial charge in [0.2, 0.25) is 11.8 Å². The molecule has 2 aliphatic rings. The predicted octanol–water partition coefficient (Wildman–Crippen LogP) is 2.29. The Hall–Kier alpha value is -2.17. The molecule has 1 heterocycles. The second-order valence-corrected chi connectivity index (χ2v) is 5.60. The van der Waals surface area contributed by atoms with E-state index in [9.17, 15) is 14.4 Å². The highest BCUT2D eigenvalue weighted by Crippen LogP contribution is 2.40. The minimum Gasteiger partial charge on any atom is -0.427 e. The summed E-state index contributed by atoms with van der Waals surface area (Å²) < 4.78 is 4.95. The summed E-state index contributed by atoms with van der Waals surface area (Å²) in [4.78, 5) is 37.0. The minimum absolute atomic E-state index is 0.0927. The monoisotopic (exact) mass is 287 g/mol. The van der Waals surface area contributed by atoms with Gasteiger partial charge in [0, 0.05) is 6.92 Å². The Morgan fingerprint density at radius 3 is 2.05 bits per heavy atom. The van der Waals surface area contributed by atoms with Crippen LogP contribution in [-0.2, 0) is 14.4 Å². The lowest BCUT2D eigenvalue weighted by atomic mass is 9.81. The summed E-state index contributed by atoms with van der Waals surface area (Å²) in [5, 5.41) is 0. The van der Waals surface area contributed by atoms with Crippen molar-refractivity contribution >= 4 is 23.5 Å². The van der Waals surface area contributed by atoms with Gasteiger partial charge in [-0.1, -0.05) is 12.8 Å². The van der Waals surface area contributed by atoms with Crippen molar-refractivity contribution in [2.75, 3.05) is 4.90 Å². The van der Waals surface area contributed by atoms with Crippen LogP contribution in [0.25, 0.3) is 0 Å². The number of esters is 1. The molecule has 0 spiro atoms. The number of fused-ring (bicyclic) bond motifs is 1. The number of nitrogens with zero attached hydrogens (tertiary/aromatic N) is 1. The van der Waals surface area contributed by atoms with E-state index in [-0.39, 0.29) is 23.7 Å². The molecule has 1 aliphatic carbocycles. The molecule has 21 heavy (non-hydrogen) atoms. The van der Waals surface area contributed by atoms with Gasteiger partial charge in [-0.25, -0.2) is 0 Å². The summed E-state index contributed by atoms with van der Waals surface area (Å²) in [6.45, 7) is 1.33. The molecule has 0 aromatic heterocycles. The molecule has 2 amide bonds. The van der Waals surface area contributed by atoms with Crippen LogP contribution in [0.1, 0.15) is 32.6 Å². The van der Waals surface area contributed by atoms with E-state index >= 15 is 0 Å². The number of amides is 2. The Kier molecular flexibility index (Phi) is 3.49. The first-order valence-electron chi connectivity index (χ1n) is 7.24. The van der Waals surface area contributed by atoms with E-state index in [4.69, 9.17) is 4.74 Å². The fourth-order valence-electron chi connectivity index (χ4n) is 3.25. The summed E-state index contributed by atoms with van der Waals surface area (Å²) in [7, 11) is 0. The Bertz CT molecular complexity index is 569. The second-order valence-electron chi connectivity index (χ2n) is 5.60. The van der Waals surface area contributed by atoms with Gasteiger partial charge in [0.15, 0.2) is 0 Å². The molecular formula is C16H17NO4. The number of hydrogen-bond donors (Lipinski definition) is 0. The van der Waals surface area contributed by atoms with Crippen molar-refractivity contribution in [3.63, 3.8) is 0 Å². The SMILES string of the molecule is CC(=O)Oc1ccc(N2C(=O)C3CCCCC3C2=O)cc1. The molecule has 5 heteroatoms. The third-order valence-corrected chi connectivity index (χ3v) is 4.20. The fraction of sp³-hybridized carbons (Fsp3) is 0.438. The van der Waals surface area contributed by atoms with Crippen molar-refractivity contribution in [2.45, 2.75) is 32.6 Å². The Morgan fingerprint density at radius 1 is 1.05 bits per heavy atom. The van der Waals surface area contributed by atoms with Crippen LogP contribution in [0.2, 0.25) is 0 Å². The van der Waals surface area contributed by atoms with Crippen LogP contribution in [0.5, 0.6) is 5.75 Å². The molecule has 5 nitrogen and oxygen atoms in total. The van der Waals surface area contributed by atoms with Crippen molar-refractivity contribution in [1.29, 1.82) is 0 Å². The molecule has 1 aliphatic heterocycles. The van der Waals surface area contributed by atoms with Gasteiger partial charge in [0.1, 0.15) is 5.75 Å². The standard InChI is InChI=1S/C16H17NO4/c1-10(18)21-12-8-6-11(7-9-12)17-15(19)13-4-2-3-5-14(13)16(17)20/h6-9,13-14H,2-5H2,1H3. The maximum atomic E-state index is 12.4. The third-order valence-electron chi connectivity index (χ3n) is 4.20. The quantitative estimate of drug-likeness (QED) is 0.475. The molecule has 1 aromatic carbocycles. The number of benzene rings is 1. The van der Waals surface area contributed by atoms with Crippen molar-refractivity contribution < 1.29 is 19.1 Å². The Morgan fingerprint density at radius 2 is 1.57 bits per heavy atom. The molecule has 110 valence electrons. The molecule has 1 saturated heterocycles. The number of ether oxygens (including phenoxy) is 1. The van der Waals surface area contributed by atoms with Crippen molar-refractivity contribution in [1.82, 2.24) is 0 Å². The Labute approximate surface area is 122 Å². The highest BCUT2D eigenvalue weighted by molar-refractivity contribution is 6.22. The average Bonchev–Trinajstić information content (AvgIpc) is 2.72. The van der Waals surface area contributed by atoms with Gasteiger partial charge in [0.25, 0.3) is 0 Å². The fourth-order valence-corrected chi connectivity index (χ4v) is 3.25. The largest absolute Gasteiger partial charge is 0.427 e. The van der Waals surface area contributed by atoms with Gasteiger partial charge in [-0.15, -0.1) is 0 Å². The van der Waals surface area contributed by atoms with Crippen molar-refractivity contribution in [3.05, 3.63) is 24.3 Å². The van der Waals surface area contributed by atoms with Crippen LogP contribution in [0.4, 0.5) is 5.69 Å². The zero-order valence-electron chi connectivity index (χ0n) is 11.9. The van der Waals surface area contributed by atoms with E-state index in [2.05, 4.69) is 0 Å². The van der Waals surface area contributed by atoms with Gasteiger partial charge >= 0.3 is 5.97 Å². The van der Waals surface area contributed by atoms with E-state index in [0.29, 0.717) is 11.4 Å². The van der Waals surface area contributed by atoms with E-state index < -0.39 is 5.97 Å². The summed E-state index contributed by atoms with van der Waals surface area (Å²) in [5.74, 6) is -0.487. The lowest BCUT2D eigenvalue weighted by Gasteiger charge is -2.19. The molecule has 2 fully saturated rings. The van der Waals surface area contributed by atoms with Gasteiger partial charge < -0.3 is 4.74 Å². The molecule has 3 rings (SSSR count). The summed E-state index contributed by atoms with van der Waals surface area (Å²) >= 11 is 0. The summed E-state index contributed by atoms with van der Waals surface area (Å²) in [6.07, 6.45) is 3.63. The van der Waals surface area contributed by atoms with Crippen molar-refractivity contribution in [2.24, 2.45) is 11.8 Å². The number of hydrogen-bond acceptors (Lipinski definition) is 4. The van der Waals surface area contributed by atoms with Crippen LogP contribution in [0.15, 0.2) is 24.3 Å². The zero-order valence-corrected chi connectivity index (χ0v) is 11.9. The van der Waals surface area contributed by atoms with Crippen LogP contribution in [-0.4, -0.2) is 17.8 Å². The van der Waals surface area contributed by atoms with Gasteiger partial charge in [-0.2, -0.15) is 0 Å². The van der Waals surface area contributed by atoms with Gasteiger partial charge in [-0.3, -0.25) is 19.3 Å². The molecule has 2 unspecified atom stereocenters. The zero-order chi connectivity index (χ0) is 15.0. The average molecular weight is 287 g/mol. The lowest BCUT2D eigenvalue weighted by molar-refractivity contribution is -0.132. The van der Waals surface area contributed by atoms with E-state index in [1.54, 1.807) is 24.3 Å². The molecule has 1 aromatic rings. The molecule has 0 bridgehead atoms. The first-order chi connectivity index (χ1) is 10.1. The summed E-state index contributed by atoms with van der Waals surface area (Å²) in [6, 6.07) is 6.48. The highest BCUT2D eigenvalue weighted by atomic mass is 16.5. The number of imide groups is 1. The second kappa shape index (κ2) is 5.31.